The molecule has 1 rings (SSSR count). The lowest BCUT2D eigenvalue weighted by atomic mass is 10.2. The fourth-order valence-corrected chi connectivity index (χ4v) is 1.97. The van der Waals surface area contributed by atoms with Crippen LogP contribution in [0.4, 0.5) is 0 Å². The summed E-state index contributed by atoms with van der Waals surface area (Å²) in [5.41, 5.74) is -2.16. The minimum Gasteiger partial charge on any atom is -0.371 e. The molecule has 0 saturated carbocycles. The average Bonchev–Trinajstić information content (AvgIpc) is 2.01. The van der Waals surface area contributed by atoms with Gasteiger partial charge in [0.2, 0.25) is 5.44 Å². The Bertz CT molecular complexity index is 443. The summed E-state index contributed by atoms with van der Waals surface area (Å²) >= 11 is 11.2. The Morgan fingerprint density at radius 1 is 1.29 bits per heavy atom. The monoisotopic (exact) mass is 256 g/mol. The molecule has 0 fully saturated rings. The molecule has 1 aromatic carbocycles. The summed E-state index contributed by atoms with van der Waals surface area (Å²) in [5.74, 6) is 0. The van der Waals surface area contributed by atoms with Crippen molar-refractivity contribution in [1.82, 2.24) is 0 Å². The van der Waals surface area contributed by atoms with Crippen molar-refractivity contribution >= 4 is 33.3 Å². The van der Waals surface area contributed by atoms with Crippen molar-refractivity contribution < 1.29 is 18.1 Å². The number of halogens is 2. The molecule has 1 atom stereocenters. The first-order chi connectivity index (χ1) is 6.32. The summed E-state index contributed by atoms with van der Waals surface area (Å²) < 4.78 is 29.7. The molecule has 2 N–H and O–H groups in total. The normalized spacial score (nSPS) is 14.0. The van der Waals surface area contributed by atoms with Crippen molar-refractivity contribution in [2.24, 2.45) is 0 Å². The Labute approximate surface area is 90.8 Å². The second-order valence-electron chi connectivity index (χ2n) is 2.53. The van der Waals surface area contributed by atoms with E-state index in [2.05, 4.69) is 0 Å². The highest BCUT2D eigenvalue weighted by atomic mass is 35.5. The SMILES string of the molecule is O=S(=O)(O)[C@@H](O)c1ccc(Cl)cc1Cl. The molecule has 0 aliphatic carbocycles. The van der Waals surface area contributed by atoms with E-state index in [9.17, 15) is 8.42 Å². The van der Waals surface area contributed by atoms with Crippen LogP contribution in [0.3, 0.4) is 0 Å². The van der Waals surface area contributed by atoms with Gasteiger partial charge in [0.05, 0.1) is 0 Å². The molecular formula is C7H6Cl2O4S. The number of hydrogen-bond acceptors (Lipinski definition) is 3. The van der Waals surface area contributed by atoms with Gasteiger partial charge in [-0.2, -0.15) is 8.42 Å². The average molecular weight is 257 g/mol. The van der Waals surface area contributed by atoms with E-state index < -0.39 is 15.6 Å². The van der Waals surface area contributed by atoms with Crippen LogP contribution in [0.1, 0.15) is 11.0 Å². The second kappa shape index (κ2) is 4.04. The summed E-state index contributed by atoms with van der Waals surface area (Å²) in [4.78, 5) is 0. The summed E-state index contributed by atoms with van der Waals surface area (Å²) in [6.07, 6.45) is 0. The van der Waals surface area contributed by atoms with E-state index >= 15 is 0 Å². The number of aliphatic hydroxyl groups excluding tert-OH is 1. The van der Waals surface area contributed by atoms with Crippen LogP contribution in [-0.2, 0) is 10.1 Å². The molecule has 7 heteroatoms. The number of benzene rings is 1. The number of hydrogen-bond donors (Lipinski definition) is 2. The first kappa shape index (κ1) is 11.7. The van der Waals surface area contributed by atoms with Crippen molar-refractivity contribution in [3.63, 3.8) is 0 Å². The molecule has 0 aliphatic rings. The highest BCUT2D eigenvalue weighted by molar-refractivity contribution is 7.85. The van der Waals surface area contributed by atoms with Gasteiger partial charge < -0.3 is 5.11 Å². The fourth-order valence-electron chi connectivity index (χ4n) is 0.862. The molecule has 0 spiro atoms. The highest BCUT2D eigenvalue weighted by Gasteiger charge is 2.24. The van der Waals surface area contributed by atoms with E-state index in [0.29, 0.717) is 5.02 Å². The molecule has 0 amide bonds. The van der Waals surface area contributed by atoms with Crippen LogP contribution in [0.25, 0.3) is 0 Å². The predicted molar refractivity (Wildman–Crippen MR) is 53.0 cm³/mol. The lowest BCUT2D eigenvalue weighted by molar-refractivity contribution is 0.238. The minimum absolute atomic E-state index is 0.0253. The van der Waals surface area contributed by atoms with E-state index in [1.807, 2.05) is 0 Å². The standard InChI is InChI=1S/C7H6Cl2O4S/c8-4-1-2-5(6(9)3-4)7(10)14(11,12)13/h1-3,7,10H,(H,11,12,13)/t7-/m1/s1. The Morgan fingerprint density at radius 2 is 1.86 bits per heavy atom. The van der Waals surface area contributed by atoms with Crippen LogP contribution >= 0.6 is 23.2 Å². The van der Waals surface area contributed by atoms with Gasteiger partial charge in [-0.05, 0) is 12.1 Å². The molecule has 0 saturated heterocycles. The van der Waals surface area contributed by atoms with Gasteiger partial charge in [0.1, 0.15) is 0 Å². The second-order valence-corrected chi connectivity index (χ2v) is 4.85. The Balaban J connectivity index is 3.21. The summed E-state index contributed by atoms with van der Waals surface area (Å²) in [7, 11) is -4.56. The maximum absolute atomic E-state index is 10.6. The van der Waals surface area contributed by atoms with Crippen LogP contribution in [0, 0.1) is 0 Å². The third-order valence-electron chi connectivity index (χ3n) is 1.51. The van der Waals surface area contributed by atoms with Crippen LogP contribution in [0.2, 0.25) is 10.0 Å². The Morgan fingerprint density at radius 3 is 2.29 bits per heavy atom. The largest absolute Gasteiger partial charge is 0.371 e. The number of rotatable bonds is 2. The van der Waals surface area contributed by atoms with Crippen LogP contribution in [0.15, 0.2) is 18.2 Å². The molecule has 0 radical (unpaired) electrons. The quantitative estimate of drug-likeness (QED) is 0.793. The predicted octanol–water partition coefficient (Wildman–Crippen LogP) is 1.87. The van der Waals surface area contributed by atoms with Crippen LogP contribution in [0.5, 0.6) is 0 Å². The molecule has 78 valence electrons. The summed E-state index contributed by atoms with van der Waals surface area (Å²) in [6.45, 7) is 0. The summed E-state index contributed by atoms with van der Waals surface area (Å²) in [6, 6.07) is 3.85. The van der Waals surface area contributed by atoms with Crippen molar-refractivity contribution in [2.75, 3.05) is 0 Å². The smallest absolute Gasteiger partial charge is 0.296 e. The molecule has 0 heterocycles. The molecular weight excluding hydrogens is 251 g/mol. The van der Waals surface area contributed by atoms with E-state index in [4.69, 9.17) is 32.9 Å². The third-order valence-corrected chi connectivity index (χ3v) is 2.89. The van der Waals surface area contributed by atoms with Gasteiger partial charge in [-0.3, -0.25) is 4.55 Å². The summed E-state index contributed by atoms with van der Waals surface area (Å²) in [5, 5.41) is 9.44. The zero-order chi connectivity index (χ0) is 10.9. The highest BCUT2D eigenvalue weighted by Crippen LogP contribution is 2.28. The molecule has 1 aromatic rings. The zero-order valence-electron chi connectivity index (χ0n) is 6.68. The van der Waals surface area contributed by atoms with E-state index in [-0.39, 0.29) is 10.6 Å². The fraction of sp³-hybridized carbons (Fsp3) is 0.143. The third kappa shape index (κ3) is 2.59. The van der Waals surface area contributed by atoms with Crippen molar-refractivity contribution in [1.29, 1.82) is 0 Å². The van der Waals surface area contributed by atoms with Gasteiger partial charge in [-0.15, -0.1) is 0 Å². The topological polar surface area (TPSA) is 74.6 Å². The van der Waals surface area contributed by atoms with E-state index in [1.54, 1.807) is 0 Å². The van der Waals surface area contributed by atoms with Gasteiger partial charge in [-0.1, -0.05) is 29.3 Å². The minimum atomic E-state index is -4.56. The first-order valence-corrected chi connectivity index (χ1v) is 5.67. The van der Waals surface area contributed by atoms with Gasteiger partial charge in [-0.25, -0.2) is 0 Å². The van der Waals surface area contributed by atoms with Crippen LogP contribution in [-0.4, -0.2) is 18.1 Å². The zero-order valence-corrected chi connectivity index (χ0v) is 9.01. The Kier molecular flexibility index (Phi) is 3.39. The molecule has 0 aliphatic heterocycles. The van der Waals surface area contributed by atoms with Gasteiger partial charge >= 0.3 is 0 Å². The van der Waals surface area contributed by atoms with E-state index in [0.717, 1.165) is 0 Å². The molecule has 4 nitrogen and oxygen atoms in total. The van der Waals surface area contributed by atoms with Crippen molar-refractivity contribution in [3.8, 4) is 0 Å². The maximum Gasteiger partial charge on any atom is 0.296 e. The Hall–Kier alpha value is -0.330. The lowest BCUT2D eigenvalue weighted by Gasteiger charge is -2.09. The number of aliphatic hydroxyl groups is 1. The molecule has 14 heavy (non-hydrogen) atoms. The lowest BCUT2D eigenvalue weighted by Crippen LogP contribution is -2.11. The molecule has 0 unspecified atom stereocenters. The first-order valence-electron chi connectivity index (χ1n) is 3.41. The van der Waals surface area contributed by atoms with Gasteiger partial charge in [0.15, 0.2) is 0 Å². The van der Waals surface area contributed by atoms with Crippen molar-refractivity contribution in [2.45, 2.75) is 5.44 Å². The van der Waals surface area contributed by atoms with E-state index in [1.165, 1.54) is 18.2 Å². The van der Waals surface area contributed by atoms with Crippen LogP contribution < -0.4 is 0 Å². The molecule has 0 bridgehead atoms. The molecule has 0 aromatic heterocycles. The maximum atomic E-state index is 10.6. The van der Waals surface area contributed by atoms with Gasteiger partial charge in [0.25, 0.3) is 10.1 Å². The van der Waals surface area contributed by atoms with Gasteiger partial charge in [0, 0.05) is 15.6 Å². The van der Waals surface area contributed by atoms with Crippen molar-refractivity contribution in [3.05, 3.63) is 33.8 Å².